The third-order valence-electron chi connectivity index (χ3n) is 4.74. The van der Waals surface area contributed by atoms with Crippen molar-refractivity contribution >= 4 is 11.6 Å². The molecule has 2 aromatic carbocycles. The van der Waals surface area contributed by atoms with Crippen LogP contribution in [0.2, 0.25) is 0 Å². The first-order valence-corrected chi connectivity index (χ1v) is 8.98. The van der Waals surface area contributed by atoms with Crippen molar-refractivity contribution in [2.45, 2.75) is 20.3 Å². The number of nitrogens with zero attached hydrogens (tertiary/aromatic N) is 2. The Balaban J connectivity index is 1.60. The van der Waals surface area contributed by atoms with Gasteiger partial charge in [-0.15, -0.1) is 0 Å². The summed E-state index contributed by atoms with van der Waals surface area (Å²) < 4.78 is 5.73. The Labute approximate surface area is 150 Å². The first-order chi connectivity index (χ1) is 12.2. The SMILES string of the molecule is CCOc1ccccc1N1CCN(C(=O)Cc2ccccc2C)CC1. The van der Waals surface area contributed by atoms with Crippen molar-refractivity contribution in [2.24, 2.45) is 0 Å². The summed E-state index contributed by atoms with van der Waals surface area (Å²) >= 11 is 0. The summed E-state index contributed by atoms with van der Waals surface area (Å²) in [6, 6.07) is 16.2. The lowest BCUT2D eigenvalue weighted by atomic mass is 10.1. The number of anilines is 1. The number of para-hydroxylation sites is 2. The molecule has 4 nitrogen and oxygen atoms in total. The van der Waals surface area contributed by atoms with Gasteiger partial charge in [0.05, 0.1) is 18.7 Å². The molecule has 0 atom stereocenters. The van der Waals surface area contributed by atoms with Gasteiger partial charge in [-0.05, 0) is 37.1 Å². The van der Waals surface area contributed by atoms with Crippen molar-refractivity contribution in [3.05, 3.63) is 59.7 Å². The molecule has 25 heavy (non-hydrogen) atoms. The fourth-order valence-electron chi connectivity index (χ4n) is 3.28. The highest BCUT2D eigenvalue weighted by atomic mass is 16.5. The van der Waals surface area contributed by atoms with Crippen LogP contribution in [0, 0.1) is 6.92 Å². The van der Waals surface area contributed by atoms with E-state index in [1.54, 1.807) is 0 Å². The van der Waals surface area contributed by atoms with Crippen LogP contribution in [0.15, 0.2) is 48.5 Å². The van der Waals surface area contributed by atoms with Crippen molar-refractivity contribution in [2.75, 3.05) is 37.7 Å². The summed E-state index contributed by atoms with van der Waals surface area (Å²) in [6.45, 7) is 7.90. The second-order valence-corrected chi connectivity index (χ2v) is 6.37. The number of aryl methyl sites for hydroxylation is 1. The summed E-state index contributed by atoms with van der Waals surface area (Å²) in [5.74, 6) is 1.14. The molecule has 0 N–H and O–H groups in total. The number of rotatable bonds is 5. The van der Waals surface area contributed by atoms with Crippen molar-refractivity contribution in [1.29, 1.82) is 0 Å². The van der Waals surface area contributed by atoms with Crippen LogP contribution in [-0.2, 0) is 11.2 Å². The molecule has 132 valence electrons. The molecule has 1 saturated heterocycles. The van der Waals surface area contributed by atoms with Crippen LogP contribution in [-0.4, -0.2) is 43.6 Å². The molecule has 3 rings (SSSR count). The molecule has 1 aliphatic rings. The third kappa shape index (κ3) is 4.13. The highest BCUT2D eigenvalue weighted by Gasteiger charge is 2.23. The summed E-state index contributed by atoms with van der Waals surface area (Å²) in [6.07, 6.45) is 0.488. The van der Waals surface area contributed by atoms with E-state index < -0.39 is 0 Å². The lowest BCUT2D eigenvalue weighted by Gasteiger charge is -2.36. The molecule has 0 spiro atoms. The lowest BCUT2D eigenvalue weighted by Crippen LogP contribution is -2.49. The fraction of sp³-hybridized carbons (Fsp3) is 0.381. The summed E-state index contributed by atoms with van der Waals surface area (Å²) in [4.78, 5) is 16.9. The second-order valence-electron chi connectivity index (χ2n) is 6.37. The molecule has 1 fully saturated rings. The Hall–Kier alpha value is -2.49. The van der Waals surface area contributed by atoms with E-state index in [0.717, 1.165) is 43.2 Å². The Morgan fingerprint density at radius 2 is 1.68 bits per heavy atom. The van der Waals surface area contributed by atoms with E-state index in [9.17, 15) is 4.79 Å². The first-order valence-electron chi connectivity index (χ1n) is 8.98. The standard InChI is InChI=1S/C21H26N2O2/c1-3-25-20-11-7-6-10-19(20)22-12-14-23(15-13-22)21(24)16-18-9-5-4-8-17(18)2/h4-11H,3,12-16H2,1-2H3. The van der Waals surface area contributed by atoms with Gasteiger partial charge in [0.1, 0.15) is 5.75 Å². The summed E-state index contributed by atoms with van der Waals surface area (Å²) in [5.41, 5.74) is 3.42. The molecule has 0 unspecified atom stereocenters. The highest BCUT2D eigenvalue weighted by molar-refractivity contribution is 5.79. The van der Waals surface area contributed by atoms with Gasteiger partial charge in [0.25, 0.3) is 0 Å². The van der Waals surface area contributed by atoms with Gasteiger partial charge < -0.3 is 14.5 Å². The van der Waals surface area contributed by atoms with Crippen LogP contribution in [0.3, 0.4) is 0 Å². The van der Waals surface area contributed by atoms with E-state index >= 15 is 0 Å². The maximum Gasteiger partial charge on any atom is 0.227 e. The molecule has 0 bridgehead atoms. The van der Waals surface area contributed by atoms with Gasteiger partial charge in [-0.2, -0.15) is 0 Å². The molecule has 0 radical (unpaired) electrons. The topological polar surface area (TPSA) is 32.8 Å². The van der Waals surface area contributed by atoms with Crippen molar-refractivity contribution < 1.29 is 9.53 Å². The van der Waals surface area contributed by atoms with E-state index in [4.69, 9.17) is 4.74 Å². The summed E-state index contributed by atoms with van der Waals surface area (Å²) in [7, 11) is 0. The number of carbonyl (C=O) groups excluding carboxylic acids is 1. The molecule has 1 heterocycles. The van der Waals surface area contributed by atoms with Gasteiger partial charge in [0, 0.05) is 26.2 Å². The zero-order valence-corrected chi connectivity index (χ0v) is 15.1. The Morgan fingerprint density at radius 1 is 1.00 bits per heavy atom. The smallest absolute Gasteiger partial charge is 0.227 e. The number of amides is 1. The number of ether oxygens (including phenoxy) is 1. The maximum absolute atomic E-state index is 12.6. The van der Waals surface area contributed by atoms with Crippen LogP contribution in [0.25, 0.3) is 0 Å². The van der Waals surface area contributed by atoms with Crippen LogP contribution in [0.1, 0.15) is 18.1 Å². The van der Waals surface area contributed by atoms with E-state index in [1.165, 1.54) is 5.56 Å². The second kappa shape index (κ2) is 8.06. The zero-order valence-electron chi connectivity index (χ0n) is 15.1. The Morgan fingerprint density at radius 3 is 2.40 bits per heavy atom. The van der Waals surface area contributed by atoms with E-state index in [0.29, 0.717) is 13.0 Å². The van der Waals surface area contributed by atoms with Crippen LogP contribution < -0.4 is 9.64 Å². The highest BCUT2D eigenvalue weighted by Crippen LogP contribution is 2.28. The van der Waals surface area contributed by atoms with Crippen molar-refractivity contribution in [3.8, 4) is 5.75 Å². The average molecular weight is 338 g/mol. The molecule has 0 aromatic heterocycles. The van der Waals surface area contributed by atoms with Gasteiger partial charge in [-0.3, -0.25) is 4.79 Å². The molecule has 4 heteroatoms. The molecule has 1 amide bonds. The molecular formula is C21H26N2O2. The predicted octanol–water partition coefficient (Wildman–Crippen LogP) is 3.29. The monoisotopic (exact) mass is 338 g/mol. The van der Waals surface area contributed by atoms with Gasteiger partial charge in [0.2, 0.25) is 5.91 Å². The van der Waals surface area contributed by atoms with Gasteiger partial charge in [-0.25, -0.2) is 0 Å². The quantitative estimate of drug-likeness (QED) is 0.839. The van der Waals surface area contributed by atoms with Crippen molar-refractivity contribution in [3.63, 3.8) is 0 Å². The number of carbonyl (C=O) groups is 1. The lowest BCUT2D eigenvalue weighted by molar-refractivity contribution is -0.130. The van der Waals surface area contributed by atoms with E-state index in [-0.39, 0.29) is 5.91 Å². The molecule has 2 aromatic rings. The Kier molecular flexibility index (Phi) is 5.59. The molecule has 0 saturated carbocycles. The number of benzene rings is 2. The van der Waals surface area contributed by atoms with Gasteiger partial charge >= 0.3 is 0 Å². The number of piperazine rings is 1. The molecular weight excluding hydrogens is 312 g/mol. The average Bonchev–Trinajstić information content (AvgIpc) is 2.64. The van der Waals surface area contributed by atoms with Crippen LogP contribution >= 0.6 is 0 Å². The van der Waals surface area contributed by atoms with Gasteiger partial charge in [-0.1, -0.05) is 36.4 Å². The zero-order chi connectivity index (χ0) is 17.6. The third-order valence-corrected chi connectivity index (χ3v) is 4.74. The minimum Gasteiger partial charge on any atom is -0.492 e. The number of hydrogen-bond donors (Lipinski definition) is 0. The van der Waals surface area contributed by atoms with Crippen LogP contribution in [0.5, 0.6) is 5.75 Å². The fourth-order valence-corrected chi connectivity index (χ4v) is 3.28. The van der Waals surface area contributed by atoms with E-state index in [2.05, 4.69) is 24.0 Å². The summed E-state index contributed by atoms with van der Waals surface area (Å²) in [5, 5.41) is 0. The first kappa shape index (κ1) is 17.3. The molecule has 0 aliphatic carbocycles. The normalized spacial score (nSPS) is 14.5. The minimum atomic E-state index is 0.215. The molecule has 1 aliphatic heterocycles. The minimum absolute atomic E-state index is 0.215. The largest absolute Gasteiger partial charge is 0.492 e. The van der Waals surface area contributed by atoms with Crippen molar-refractivity contribution in [1.82, 2.24) is 4.90 Å². The van der Waals surface area contributed by atoms with Crippen LogP contribution in [0.4, 0.5) is 5.69 Å². The van der Waals surface area contributed by atoms with E-state index in [1.807, 2.05) is 48.2 Å². The number of hydrogen-bond acceptors (Lipinski definition) is 3. The Bertz CT molecular complexity index is 721. The predicted molar refractivity (Wildman–Crippen MR) is 101 cm³/mol. The van der Waals surface area contributed by atoms with Gasteiger partial charge in [0.15, 0.2) is 0 Å². The maximum atomic E-state index is 12.6.